The summed E-state index contributed by atoms with van der Waals surface area (Å²) in [6.07, 6.45) is -13.7. The summed E-state index contributed by atoms with van der Waals surface area (Å²) in [7, 11) is 0. The highest BCUT2D eigenvalue weighted by atomic mass is 16.7. The van der Waals surface area contributed by atoms with Crippen molar-refractivity contribution in [2.75, 3.05) is 65.9 Å². The Labute approximate surface area is 264 Å². The molecular formula is C28H44N2O16. The molecule has 2 heterocycles. The van der Waals surface area contributed by atoms with Crippen LogP contribution in [0.2, 0.25) is 0 Å². The van der Waals surface area contributed by atoms with Crippen LogP contribution in [0.25, 0.3) is 0 Å². The highest BCUT2D eigenvalue weighted by Gasteiger charge is 2.45. The summed E-state index contributed by atoms with van der Waals surface area (Å²) in [6.45, 7) is -0.371. The molecule has 1 aromatic rings. The Morgan fingerprint density at radius 2 is 0.935 bits per heavy atom. The minimum Gasteiger partial charge on any atom is -0.394 e. The first-order valence-electron chi connectivity index (χ1n) is 14.7. The number of nitrogens with one attached hydrogen (secondary N) is 2. The van der Waals surface area contributed by atoms with Gasteiger partial charge in [-0.15, -0.1) is 0 Å². The van der Waals surface area contributed by atoms with Gasteiger partial charge in [0.25, 0.3) is 11.8 Å². The van der Waals surface area contributed by atoms with Gasteiger partial charge in [-0.1, -0.05) is 0 Å². The second-order valence-electron chi connectivity index (χ2n) is 10.5. The van der Waals surface area contributed by atoms with Gasteiger partial charge in [-0.05, 0) is 24.3 Å². The van der Waals surface area contributed by atoms with Crippen LogP contribution in [0.15, 0.2) is 24.3 Å². The van der Waals surface area contributed by atoms with Gasteiger partial charge in [0, 0.05) is 24.2 Å². The number of aliphatic hydroxyl groups excluding tert-OH is 8. The number of ether oxygens (including phenoxy) is 6. The highest BCUT2D eigenvalue weighted by molar-refractivity contribution is 5.97. The molecule has 1 aromatic carbocycles. The lowest BCUT2D eigenvalue weighted by molar-refractivity contribution is -0.302. The standard InChI is InChI=1S/C28H44N2O16/c31-13-17-19(33)21(35)23(37)27(45-17)43-11-9-41-7-5-29-25(39)15-1-2-16(4-3-15)26(40)30-6-8-42-10-12-44-28-24(38)22(36)20(34)18(14-32)46-28/h1-4,17-24,27-28,31-38H,5-14H2,(H,29,39)(H,30,40)/t17-,18-,19+,20+,21+,22+,23-,24-,27-,28-/m1/s1. The first kappa shape index (κ1) is 38.1. The Morgan fingerprint density at radius 1 is 0.565 bits per heavy atom. The van der Waals surface area contributed by atoms with Gasteiger partial charge in [0.05, 0.1) is 52.9 Å². The number of amides is 2. The summed E-state index contributed by atoms with van der Waals surface area (Å²) in [6, 6.07) is 5.97. The molecule has 3 rings (SSSR count). The Kier molecular flexibility index (Phi) is 16.1. The van der Waals surface area contributed by atoms with Gasteiger partial charge >= 0.3 is 0 Å². The lowest BCUT2D eigenvalue weighted by Gasteiger charge is -2.39. The number of rotatable bonds is 18. The fraction of sp³-hybridized carbons (Fsp3) is 0.714. The van der Waals surface area contributed by atoms with E-state index in [-0.39, 0.29) is 64.5 Å². The largest absolute Gasteiger partial charge is 0.394 e. The monoisotopic (exact) mass is 664 g/mol. The molecule has 10 atom stereocenters. The van der Waals surface area contributed by atoms with Crippen molar-refractivity contribution in [1.29, 1.82) is 0 Å². The van der Waals surface area contributed by atoms with Gasteiger partial charge in [0.15, 0.2) is 12.6 Å². The van der Waals surface area contributed by atoms with Gasteiger partial charge in [-0.3, -0.25) is 9.59 Å². The van der Waals surface area contributed by atoms with E-state index in [1.54, 1.807) is 0 Å². The van der Waals surface area contributed by atoms with Crippen molar-refractivity contribution in [3.05, 3.63) is 35.4 Å². The lowest BCUT2D eigenvalue weighted by atomic mass is 9.99. The summed E-state index contributed by atoms with van der Waals surface area (Å²) in [5.41, 5.74) is 0.649. The van der Waals surface area contributed by atoms with Gasteiger partial charge < -0.3 is 79.9 Å². The van der Waals surface area contributed by atoms with E-state index in [0.29, 0.717) is 11.1 Å². The minimum absolute atomic E-state index is 0.0216. The van der Waals surface area contributed by atoms with Crippen LogP contribution in [-0.2, 0) is 28.4 Å². The topological polar surface area (TPSA) is 275 Å². The average molecular weight is 665 g/mol. The van der Waals surface area contributed by atoms with Gasteiger partial charge in [0.2, 0.25) is 0 Å². The Morgan fingerprint density at radius 3 is 1.28 bits per heavy atom. The predicted octanol–water partition coefficient (Wildman–Crippen LogP) is -5.19. The van der Waals surface area contributed by atoms with Crippen LogP contribution in [-0.4, -0.2) is 180 Å². The number of benzene rings is 1. The third-order valence-corrected chi connectivity index (χ3v) is 7.19. The molecule has 18 heteroatoms. The van der Waals surface area contributed by atoms with E-state index >= 15 is 0 Å². The first-order chi connectivity index (χ1) is 22.1. The van der Waals surface area contributed by atoms with Crippen LogP contribution in [0, 0.1) is 0 Å². The number of carbonyl (C=O) groups excluding carboxylic acids is 2. The third kappa shape index (κ3) is 10.8. The van der Waals surface area contributed by atoms with Crippen LogP contribution in [0.4, 0.5) is 0 Å². The molecule has 0 unspecified atom stereocenters. The maximum atomic E-state index is 12.4. The normalized spacial score (nSPS) is 31.4. The average Bonchev–Trinajstić information content (AvgIpc) is 3.06. The molecule has 2 fully saturated rings. The molecule has 2 saturated heterocycles. The maximum absolute atomic E-state index is 12.4. The molecule has 18 nitrogen and oxygen atoms in total. The zero-order chi connectivity index (χ0) is 33.6. The predicted molar refractivity (Wildman–Crippen MR) is 152 cm³/mol. The smallest absolute Gasteiger partial charge is 0.251 e. The van der Waals surface area contributed by atoms with Crippen molar-refractivity contribution in [1.82, 2.24) is 10.6 Å². The molecule has 2 aliphatic heterocycles. The second-order valence-corrected chi connectivity index (χ2v) is 10.5. The van der Waals surface area contributed by atoms with E-state index in [1.165, 1.54) is 24.3 Å². The molecule has 46 heavy (non-hydrogen) atoms. The number of carbonyl (C=O) groups is 2. The lowest BCUT2D eigenvalue weighted by Crippen LogP contribution is -2.59. The molecule has 2 amide bonds. The molecule has 0 saturated carbocycles. The van der Waals surface area contributed by atoms with Crippen molar-refractivity contribution in [3.63, 3.8) is 0 Å². The van der Waals surface area contributed by atoms with Crippen molar-refractivity contribution in [2.24, 2.45) is 0 Å². The highest BCUT2D eigenvalue weighted by Crippen LogP contribution is 2.23. The minimum atomic E-state index is -1.54. The zero-order valence-electron chi connectivity index (χ0n) is 25.0. The van der Waals surface area contributed by atoms with E-state index < -0.39 is 74.6 Å². The summed E-state index contributed by atoms with van der Waals surface area (Å²) in [4.78, 5) is 24.7. The van der Waals surface area contributed by atoms with E-state index in [2.05, 4.69) is 10.6 Å². The van der Waals surface area contributed by atoms with Crippen LogP contribution >= 0.6 is 0 Å². The van der Waals surface area contributed by atoms with Crippen molar-refractivity contribution >= 4 is 11.8 Å². The molecule has 0 spiro atoms. The Hall–Kier alpha value is -2.40. The Balaban J connectivity index is 1.22. The summed E-state index contributed by atoms with van der Waals surface area (Å²) < 4.78 is 31.8. The first-order valence-corrected chi connectivity index (χ1v) is 14.7. The fourth-order valence-corrected chi connectivity index (χ4v) is 4.51. The molecule has 262 valence electrons. The van der Waals surface area contributed by atoms with E-state index in [9.17, 15) is 50.4 Å². The molecule has 0 aliphatic carbocycles. The summed E-state index contributed by atoms with van der Waals surface area (Å²) in [5, 5.41) is 82.7. The van der Waals surface area contributed by atoms with Crippen molar-refractivity contribution in [2.45, 2.75) is 61.4 Å². The number of hydrogen-bond acceptors (Lipinski definition) is 16. The van der Waals surface area contributed by atoms with Gasteiger partial charge in [-0.2, -0.15) is 0 Å². The molecule has 10 N–H and O–H groups in total. The molecule has 0 bridgehead atoms. The van der Waals surface area contributed by atoms with E-state index in [4.69, 9.17) is 28.4 Å². The second kappa shape index (κ2) is 19.4. The molecular weight excluding hydrogens is 620 g/mol. The van der Waals surface area contributed by atoms with Gasteiger partial charge in [0.1, 0.15) is 48.8 Å². The number of aliphatic hydroxyl groups is 8. The quantitative estimate of drug-likeness (QED) is 0.0657. The van der Waals surface area contributed by atoms with Crippen LogP contribution in [0.5, 0.6) is 0 Å². The fourth-order valence-electron chi connectivity index (χ4n) is 4.51. The maximum Gasteiger partial charge on any atom is 0.251 e. The van der Waals surface area contributed by atoms with Crippen LogP contribution in [0.3, 0.4) is 0 Å². The molecule has 0 aromatic heterocycles. The zero-order valence-corrected chi connectivity index (χ0v) is 25.0. The number of hydrogen-bond donors (Lipinski definition) is 10. The van der Waals surface area contributed by atoms with E-state index in [0.717, 1.165) is 0 Å². The SMILES string of the molecule is O=C(NCCOCCO[C@@H]1O[C@H](CO)[C@H](O)[C@H](O)[C@H]1O)c1ccc(C(=O)NCCOCCO[C@@H]2O[C@H](CO)[C@H](O)[C@H](O)[C@H]2O)cc1. The van der Waals surface area contributed by atoms with Gasteiger partial charge in [-0.25, -0.2) is 0 Å². The Bertz CT molecular complexity index is 966. The van der Waals surface area contributed by atoms with Crippen molar-refractivity contribution in [3.8, 4) is 0 Å². The third-order valence-electron chi connectivity index (χ3n) is 7.19. The van der Waals surface area contributed by atoms with Crippen LogP contribution in [0.1, 0.15) is 20.7 Å². The van der Waals surface area contributed by atoms with E-state index in [1.807, 2.05) is 0 Å². The van der Waals surface area contributed by atoms with Crippen LogP contribution < -0.4 is 10.6 Å². The van der Waals surface area contributed by atoms with Crippen molar-refractivity contribution < 1.29 is 78.9 Å². The summed E-state index contributed by atoms with van der Waals surface area (Å²) >= 11 is 0. The summed E-state index contributed by atoms with van der Waals surface area (Å²) in [5.74, 6) is -0.764. The molecule has 2 aliphatic rings. The molecule has 0 radical (unpaired) electrons.